The van der Waals surface area contributed by atoms with Crippen LogP contribution >= 0.6 is 11.6 Å². The number of aromatic nitrogens is 2. The van der Waals surface area contributed by atoms with Gasteiger partial charge in [0, 0.05) is 35.0 Å². The number of hydrogen-bond donors (Lipinski definition) is 0. The first-order chi connectivity index (χ1) is 13.2. The lowest BCUT2D eigenvalue weighted by atomic mass is 10.1. The molecular weight excluding hydrogens is 396 g/mol. The summed E-state index contributed by atoms with van der Waals surface area (Å²) in [5, 5.41) is 0.515. The third-order valence-corrected chi connectivity index (χ3v) is 7.44. The number of nitrogens with zero attached hydrogens (tertiary/aromatic N) is 2. The van der Waals surface area contributed by atoms with Gasteiger partial charge in [-0.15, -0.1) is 11.6 Å². The van der Waals surface area contributed by atoms with Crippen LogP contribution in [0.5, 0.6) is 0 Å². The highest BCUT2D eigenvalue weighted by Crippen LogP contribution is 2.40. The van der Waals surface area contributed by atoms with E-state index in [1.54, 1.807) is 26.1 Å². The first-order valence-corrected chi connectivity index (χ1v) is 11.1. The van der Waals surface area contributed by atoms with Crippen molar-refractivity contribution in [3.8, 4) is 0 Å². The van der Waals surface area contributed by atoms with Gasteiger partial charge < -0.3 is 0 Å². The van der Waals surface area contributed by atoms with Gasteiger partial charge >= 0.3 is 0 Å². The highest BCUT2D eigenvalue weighted by molar-refractivity contribution is 7.90. The van der Waals surface area contributed by atoms with Gasteiger partial charge in [0.1, 0.15) is 0 Å². The zero-order valence-corrected chi connectivity index (χ0v) is 17.6. The Kier molecular flexibility index (Phi) is 4.59. The Morgan fingerprint density at radius 2 is 1.82 bits per heavy atom. The van der Waals surface area contributed by atoms with Crippen molar-refractivity contribution in [2.24, 2.45) is 0 Å². The number of Topliss-reactive ketones (excluding diaryl/α,β-unsaturated/α-hetero) is 1. The normalized spacial score (nSPS) is 14.6. The lowest BCUT2D eigenvalue weighted by Crippen LogP contribution is -2.15. The quantitative estimate of drug-likeness (QED) is 0.453. The van der Waals surface area contributed by atoms with Gasteiger partial charge in [-0.05, 0) is 50.8 Å². The molecule has 1 aromatic carbocycles. The second-order valence-corrected chi connectivity index (χ2v) is 9.55. The van der Waals surface area contributed by atoms with Crippen LogP contribution in [0.1, 0.15) is 51.5 Å². The fourth-order valence-electron chi connectivity index (χ4n) is 3.87. The summed E-state index contributed by atoms with van der Waals surface area (Å²) in [4.78, 5) is 17.1. The van der Waals surface area contributed by atoms with Gasteiger partial charge in [-0.2, -0.15) is 0 Å². The molecule has 2 heterocycles. The van der Waals surface area contributed by atoms with Gasteiger partial charge in [0.05, 0.1) is 16.3 Å². The Hall–Kier alpha value is -2.18. The average molecular weight is 417 g/mol. The molecule has 5 nitrogen and oxygen atoms in total. The number of alkyl halides is 1. The van der Waals surface area contributed by atoms with Gasteiger partial charge in [0.25, 0.3) is 10.0 Å². The van der Waals surface area contributed by atoms with Gasteiger partial charge in [-0.3, -0.25) is 9.78 Å². The number of carbonyl (C=O) groups excluding carboxylic acids is 1. The molecule has 0 radical (unpaired) electrons. The number of aryl methyl sites for hydroxylation is 3. The number of carbonyl (C=O) groups is 1. The van der Waals surface area contributed by atoms with E-state index in [1.807, 2.05) is 19.1 Å². The number of benzene rings is 1. The standard InChI is InChI=1S/C21H21ClN2O3S/c1-12-6-13(2)21(14(3)7-12)28(26,27)24-11-17(20(25)9-22)16-10-23-18(8-19(16)24)15-4-5-15/h6-8,10-11,15H,4-5,9H2,1-3H3. The van der Waals surface area contributed by atoms with E-state index in [-0.39, 0.29) is 22.1 Å². The molecule has 0 bridgehead atoms. The topological polar surface area (TPSA) is 69.0 Å². The van der Waals surface area contributed by atoms with Gasteiger partial charge in [0.2, 0.25) is 0 Å². The van der Waals surface area contributed by atoms with E-state index in [9.17, 15) is 13.2 Å². The number of pyridine rings is 1. The molecular formula is C21H21ClN2O3S. The molecule has 0 saturated heterocycles. The number of rotatable bonds is 5. The maximum absolute atomic E-state index is 13.6. The molecule has 0 aliphatic heterocycles. The van der Waals surface area contributed by atoms with E-state index in [0.29, 0.717) is 27.9 Å². The molecule has 0 unspecified atom stereocenters. The lowest BCUT2D eigenvalue weighted by Gasteiger charge is -2.14. The molecule has 1 saturated carbocycles. The third-order valence-electron chi connectivity index (χ3n) is 5.22. The summed E-state index contributed by atoms with van der Waals surface area (Å²) in [6, 6.07) is 5.51. The number of ketones is 1. The summed E-state index contributed by atoms with van der Waals surface area (Å²) in [6.07, 6.45) is 5.09. The van der Waals surface area contributed by atoms with Gasteiger partial charge in [-0.25, -0.2) is 12.4 Å². The first kappa shape index (κ1) is 19.2. The smallest absolute Gasteiger partial charge is 0.268 e. The number of hydrogen-bond acceptors (Lipinski definition) is 4. The molecule has 0 atom stereocenters. The lowest BCUT2D eigenvalue weighted by molar-refractivity contribution is 0.102. The summed E-state index contributed by atoms with van der Waals surface area (Å²) in [5.74, 6) is -0.170. The summed E-state index contributed by atoms with van der Waals surface area (Å²) >= 11 is 5.76. The highest BCUT2D eigenvalue weighted by atomic mass is 35.5. The van der Waals surface area contributed by atoms with E-state index in [1.165, 1.54) is 10.2 Å². The van der Waals surface area contributed by atoms with Crippen molar-refractivity contribution < 1.29 is 13.2 Å². The maximum atomic E-state index is 13.6. The number of halogens is 1. The van der Waals surface area contributed by atoms with Crippen molar-refractivity contribution in [3.63, 3.8) is 0 Å². The highest BCUT2D eigenvalue weighted by Gasteiger charge is 2.29. The molecule has 1 aliphatic carbocycles. The second-order valence-electron chi connectivity index (χ2n) is 7.53. The zero-order valence-electron chi connectivity index (χ0n) is 16.0. The molecule has 4 rings (SSSR count). The molecule has 3 aromatic rings. The molecule has 2 aromatic heterocycles. The summed E-state index contributed by atoms with van der Waals surface area (Å²) in [7, 11) is -3.89. The molecule has 28 heavy (non-hydrogen) atoms. The summed E-state index contributed by atoms with van der Waals surface area (Å²) in [6.45, 7) is 5.52. The van der Waals surface area contributed by atoms with Gasteiger partial charge in [-0.1, -0.05) is 17.7 Å². The predicted octanol–water partition coefficient (Wildman–Crippen LogP) is 4.50. The average Bonchev–Trinajstić information content (AvgIpc) is 3.39. The van der Waals surface area contributed by atoms with E-state index in [4.69, 9.17) is 11.6 Å². The van der Waals surface area contributed by atoms with E-state index < -0.39 is 10.0 Å². The Balaban J connectivity index is 2.02. The Labute approximate surface area is 169 Å². The second kappa shape index (κ2) is 6.71. The Morgan fingerprint density at radius 1 is 1.18 bits per heavy atom. The van der Waals surface area contributed by atoms with Gasteiger partial charge in [0.15, 0.2) is 5.78 Å². The van der Waals surface area contributed by atoms with Crippen molar-refractivity contribution >= 4 is 38.3 Å². The minimum atomic E-state index is -3.89. The van der Waals surface area contributed by atoms with Crippen molar-refractivity contribution in [2.75, 3.05) is 5.88 Å². The van der Waals surface area contributed by atoms with Crippen LogP contribution in [-0.4, -0.2) is 29.0 Å². The Morgan fingerprint density at radius 3 is 2.39 bits per heavy atom. The van der Waals surface area contributed by atoms with E-state index in [2.05, 4.69) is 4.98 Å². The molecule has 7 heteroatoms. The molecule has 0 spiro atoms. The van der Waals surface area contributed by atoms with Crippen LogP contribution in [0.15, 0.2) is 35.5 Å². The SMILES string of the molecule is Cc1cc(C)c(S(=O)(=O)n2cc(C(=O)CCl)c3cnc(C4CC4)cc32)c(C)c1. The largest absolute Gasteiger partial charge is 0.293 e. The zero-order chi connectivity index (χ0) is 20.2. The third kappa shape index (κ3) is 3.05. The summed E-state index contributed by atoms with van der Waals surface area (Å²) < 4.78 is 28.5. The van der Waals surface area contributed by atoms with Crippen LogP contribution in [-0.2, 0) is 10.0 Å². The fourth-order valence-corrected chi connectivity index (χ4v) is 5.80. The first-order valence-electron chi connectivity index (χ1n) is 9.17. The van der Waals surface area contributed by atoms with Crippen molar-refractivity contribution in [1.82, 2.24) is 8.96 Å². The molecule has 0 N–H and O–H groups in total. The van der Waals surface area contributed by atoms with Crippen molar-refractivity contribution in [3.05, 3.63) is 58.5 Å². The van der Waals surface area contributed by atoms with Crippen LogP contribution in [0.3, 0.4) is 0 Å². The Bertz CT molecular complexity index is 1200. The van der Waals surface area contributed by atoms with E-state index >= 15 is 0 Å². The van der Waals surface area contributed by atoms with Crippen LogP contribution in [0, 0.1) is 20.8 Å². The summed E-state index contributed by atoms with van der Waals surface area (Å²) in [5.41, 5.74) is 3.99. The van der Waals surface area contributed by atoms with Crippen LogP contribution in [0.4, 0.5) is 0 Å². The van der Waals surface area contributed by atoms with Crippen LogP contribution < -0.4 is 0 Å². The monoisotopic (exact) mass is 416 g/mol. The molecule has 146 valence electrons. The molecule has 1 fully saturated rings. The maximum Gasteiger partial charge on any atom is 0.268 e. The van der Waals surface area contributed by atoms with Crippen LogP contribution in [0.25, 0.3) is 10.9 Å². The van der Waals surface area contributed by atoms with E-state index in [0.717, 1.165) is 24.1 Å². The van der Waals surface area contributed by atoms with Crippen molar-refractivity contribution in [1.29, 1.82) is 0 Å². The fraction of sp³-hybridized carbons (Fsp3) is 0.333. The van der Waals surface area contributed by atoms with Crippen molar-refractivity contribution in [2.45, 2.75) is 44.4 Å². The minimum Gasteiger partial charge on any atom is -0.293 e. The molecule has 0 amide bonds. The molecule has 1 aliphatic rings. The number of fused-ring (bicyclic) bond motifs is 1. The predicted molar refractivity (Wildman–Crippen MR) is 110 cm³/mol. The minimum absolute atomic E-state index is 0.216. The van der Waals surface area contributed by atoms with Crippen LogP contribution in [0.2, 0.25) is 0 Å².